The van der Waals surface area contributed by atoms with Crippen molar-refractivity contribution in [2.75, 3.05) is 49.5 Å². The van der Waals surface area contributed by atoms with Crippen molar-refractivity contribution in [1.29, 1.82) is 0 Å². The zero-order valence-corrected chi connectivity index (χ0v) is 16.6. The van der Waals surface area contributed by atoms with E-state index in [2.05, 4.69) is 10.2 Å². The predicted molar refractivity (Wildman–Crippen MR) is 110 cm³/mol. The lowest BCUT2D eigenvalue weighted by molar-refractivity contribution is -0.116. The molecule has 0 saturated carbocycles. The van der Waals surface area contributed by atoms with Crippen LogP contribution in [0.15, 0.2) is 36.4 Å². The number of hydrogen-bond donors (Lipinski definition) is 2. The minimum absolute atomic E-state index is 0.0243. The summed E-state index contributed by atoms with van der Waals surface area (Å²) in [4.78, 5) is 15.6. The number of amides is 1. The summed E-state index contributed by atoms with van der Waals surface area (Å²) < 4.78 is 32.3. The van der Waals surface area contributed by atoms with Crippen molar-refractivity contribution in [2.45, 2.75) is 18.9 Å². The molecule has 1 atom stereocenters. The van der Waals surface area contributed by atoms with Crippen molar-refractivity contribution >= 4 is 17.3 Å². The molecule has 2 heterocycles. The molecule has 0 aromatic heterocycles. The Morgan fingerprint density at radius 1 is 1.03 bits per heavy atom. The van der Waals surface area contributed by atoms with Crippen LogP contribution >= 0.6 is 0 Å². The number of carbonyl (C=O) groups is 1. The number of nitrogens with zero attached hydrogens (tertiary/aromatic N) is 2. The Kier molecular flexibility index (Phi) is 6.15. The Bertz CT molecular complexity index is 916. The van der Waals surface area contributed by atoms with Gasteiger partial charge in [-0.25, -0.2) is 8.78 Å². The van der Waals surface area contributed by atoms with Crippen LogP contribution in [0.4, 0.5) is 20.2 Å². The van der Waals surface area contributed by atoms with Crippen LogP contribution in [0.1, 0.15) is 12.0 Å². The zero-order chi connectivity index (χ0) is 21.1. The molecule has 160 valence electrons. The number of halogens is 2. The highest BCUT2D eigenvalue weighted by Gasteiger charge is 2.21. The molecule has 2 aromatic carbocycles. The van der Waals surface area contributed by atoms with Gasteiger partial charge < -0.3 is 20.1 Å². The van der Waals surface area contributed by atoms with Crippen LogP contribution in [0, 0.1) is 11.6 Å². The summed E-state index contributed by atoms with van der Waals surface area (Å²) >= 11 is 0. The number of anilines is 2. The van der Waals surface area contributed by atoms with Crippen molar-refractivity contribution in [3.63, 3.8) is 0 Å². The van der Waals surface area contributed by atoms with E-state index in [-0.39, 0.29) is 12.5 Å². The molecule has 4 rings (SSSR count). The monoisotopic (exact) mass is 417 g/mol. The largest absolute Gasteiger partial charge is 0.491 e. The Morgan fingerprint density at radius 3 is 2.60 bits per heavy atom. The summed E-state index contributed by atoms with van der Waals surface area (Å²) in [6.07, 6.45) is 0.509. The summed E-state index contributed by atoms with van der Waals surface area (Å²) in [7, 11) is 0. The van der Waals surface area contributed by atoms with Gasteiger partial charge in [-0.3, -0.25) is 9.69 Å². The van der Waals surface area contributed by atoms with Gasteiger partial charge in [-0.05, 0) is 42.3 Å². The quantitative estimate of drug-likeness (QED) is 0.756. The minimum Gasteiger partial charge on any atom is -0.491 e. The molecule has 2 aromatic rings. The van der Waals surface area contributed by atoms with E-state index in [1.807, 2.05) is 17.0 Å². The van der Waals surface area contributed by atoms with Crippen LogP contribution in [0.25, 0.3) is 0 Å². The second-order valence-corrected chi connectivity index (χ2v) is 7.72. The number of aliphatic hydroxyl groups excluding tert-OH is 1. The standard InChI is InChI=1S/C22H25F2N3O3/c23-19-4-2-16(12-20(19)24)27-9-7-26(8-10-27)13-17(28)14-30-18-3-5-21-15(11-18)1-6-22(29)25-21/h2-5,11-12,17,28H,1,6-10,13-14H2,(H,25,29). The van der Waals surface area contributed by atoms with Gasteiger partial charge in [0.05, 0.1) is 0 Å². The zero-order valence-electron chi connectivity index (χ0n) is 16.6. The van der Waals surface area contributed by atoms with Gasteiger partial charge in [0.25, 0.3) is 0 Å². The van der Waals surface area contributed by atoms with Gasteiger partial charge in [-0.2, -0.15) is 0 Å². The number of fused-ring (bicyclic) bond motifs is 1. The van der Waals surface area contributed by atoms with E-state index in [4.69, 9.17) is 4.74 Å². The Labute approximate surface area is 174 Å². The molecule has 30 heavy (non-hydrogen) atoms. The maximum absolute atomic E-state index is 13.4. The molecule has 1 amide bonds. The third-order valence-electron chi connectivity index (χ3n) is 5.52. The number of β-amino-alcohol motifs (C(OH)–C–C–N with tert-alkyl or cyclic N) is 1. The highest BCUT2D eigenvalue weighted by Crippen LogP contribution is 2.27. The number of ether oxygens (including phenoxy) is 1. The second-order valence-electron chi connectivity index (χ2n) is 7.72. The first-order chi connectivity index (χ1) is 14.5. The SMILES string of the molecule is O=C1CCc2cc(OCC(O)CN3CCN(c4ccc(F)c(F)c4)CC3)ccc2N1. The molecule has 1 fully saturated rings. The summed E-state index contributed by atoms with van der Waals surface area (Å²) in [5.41, 5.74) is 2.52. The fourth-order valence-corrected chi connectivity index (χ4v) is 3.86. The maximum atomic E-state index is 13.4. The van der Waals surface area contributed by atoms with Gasteiger partial charge in [-0.1, -0.05) is 0 Å². The number of benzene rings is 2. The Hall–Kier alpha value is -2.71. The van der Waals surface area contributed by atoms with E-state index >= 15 is 0 Å². The van der Waals surface area contributed by atoms with Crippen molar-refractivity contribution < 1.29 is 23.4 Å². The lowest BCUT2D eigenvalue weighted by Gasteiger charge is -2.36. The molecule has 2 aliphatic heterocycles. The molecule has 0 bridgehead atoms. The normalized spacial score (nSPS) is 18.0. The van der Waals surface area contributed by atoms with Crippen LogP contribution in [-0.2, 0) is 11.2 Å². The molecule has 0 radical (unpaired) electrons. The average Bonchev–Trinajstić information content (AvgIpc) is 2.75. The van der Waals surface area contributed by atoms with E-state index in [1.54, 1.807) is 12.1 Å². The maximum Gasteiger partial charge on any atom is 0.224 e. The van der Waals surface area contributed by atoms with E-state index in [1.165, 1.54) is 6.07 Å². The molecule has 6 nitrogen and oxygen atoms in total. The third kappa shape index (κ3) is 4.88. The molecule has 2 N–H and O–H groups in total. The number of aryl methyl sites for hydroxylation is 1. The Morgan fingerprint density at radius 2 is 1.83 bits per heavy atom. The molecule has 0 spiro atoms. The lowest BCUT2D eigenvalue weighted by atomic mass is 10.0. The van der Waals surface area contributed by atoms with Gasteiger partial charge in [0.1, 0.15) is 18.5 Å². The molecule has 1 unspecified atom stereocenters. The van der Waals surface area contributed by atoms with Crippen molar-refractivity contribution in [3.05, 3.63) is 53.6 Å². The first kappa shape index (κ1) is 20.6. The minimum atomic E-state index is -0.843. The van der Waals surface area contributed by atoms with E-state index in [0.29, 0.717) is 57.0 Å². The lowest BCUT2D eigenvalue weighted by Crippen LogP contribution is -2.49. The van der Waals surface area contributed by atoms with Crippen LogP contribution in [0.3, 0.4) is 0 Å². The number of hydrogen-bond acceptors (Lipinski definition) is 5. The van der Waals surface area contributed by atoms with Gasteiger partial charge in [-0.15, -0.1) is 0 Å². The number of piperazine rings is 1. The molecule has 1 saturated heterocycles. The van der Waals surface area contributed by atoms with Crippen LogP contribution in [-0.4, -0.2) is 61.3 Å². The second kappa shape index (κ2) is 8.97. The summed E-state index contributed by atoms with van der Waals surface area (Å²) in [6.45, 7) is 3.44. The smallest absolute Gasteiger partial charge is 0.224 e. The van der Waals surface area contributed by atoms with Gasteiger partial charge in [0.2, 0.25) is 5.91 Å². The van der Waals surface area contributed by atoms with Crippen molar-refractivity contribution in [3.8, 4) is 5.75 Å². The topological polar surface area (TPSA) is 65.0 Å². The summed E-state index contributed by atoms with van der Waals surface area (Å²) in [6, 6.07) is 9.47. The number of carbonyl (C=O) groups excluding carboxylic acids is 1. The number of nitrogens with one attached hydrogen (secondary N) is 1. The predicted octanol–water partition coefficient (Wildman–Crippen LogP) is 2.41. The van der Waals surface area contributed by atoms with E-state index < -0.39 is 17.7 Å². The molecule has 0 aliphatic carbocycles. The molecular weight excluding hydrogens is 392 g/mol. The first-order valence-corrected chi connectivity index (χ1v) is 10.1. The van der Waals surface area contributed by atoms with Crippen molar-refractivity contribution in [2.24, 2.45) is 0 Å². The molecular formula is C22H25F2N3O3. The van der Waals surface area contributed by atoms with Crippen LogP contribution < -0.4 is 15.0 Å². The average molecular weight is 417 g/mol. The number of aliphatic hydroxyl groups is 1. The fourth-order valence-electron chi connectivity index (χ4n) is 3.86. The number of rotatable bonds is 6. The highest BCUT2D eigenvalue weighted by atomic mass is 19.2. The van der Waals surface area contributed by atoms with Gasteiger partial charge in [0.15, 0.2) is 11.6 Å². The van der Waals surface area contributed by atoms with Gasteiger partial charge in [0, 0.05) is 56.6 Å². The summed E-state index contributed by atoms with van der Waals surface area (Å²) in [5, 5.41) is 13.2. The molecule has 2 aliphatic rings. The van der Waals surface area contributed by atoms with Crippen LogP contribution in [0.5, 0.6) is 5.75 Å². The molecule has 8 heteroatoms. The first-order valence-electron chi connectivity index (χ1n) is 10.1. The third-order valence-corrected chi connectivity index (χ3v) is 5.52. The highest BCUT2D eigenvalue weighted by molar-refractivity contribution is 5.93. The van der Waals surface area contributed by atoms with E-state index in [0.717, 1.165) is 17.3 Å². The van der Waals surface area contributed by atoms with Crippen molar-refractivity contribution in [1.82, 2.24) is 4.90 Å². The van der Waals surface area contributed by atoms with Crippen LogP contribution in [0.2, 0.25) is 0 Å². The van der Waals surface area contributed by atoms with Gasteiger partial charge >= 0.3 is 0 Å². The van der Waals surface area contributed by atoms with E-state index in [9.17, 15) is 18.7 Å². The Balaban J connectivity index is 1.23. The summed E-state index contributed by atoms with van der Waals surface area (Å²) in [5.74, 6) is -0.986. The fraction of sp³-hybridized carbons (Fsp3) is 0.409.